The maximum Gasteiger partial charge on any atom is 1.00 e. The summed E-state index contributed by atoms with van der Waals surface area (Å²) in [5, 5.41) is 12.9. The molecule has 1 atom stereocenters. The van der Waals surface area contributed by atoms with Crippen LogP contribution in [0.5, 0.6) is 0 Å². The fraction of sp³-hybridized carbons (Fsp3) is 0.259. The van der Waals surface area contributed by atoms with Crippen LogP contribution in [-0.2, 0) is 22.7 Å². The summed E-state index contributed by atoms with van der Waals surface area (Å²) in [6.45, 7) is 2.76. The number of amides is 1. The number of carbonyl (C=O) groups excluding carboxylic acids is 1. The third kappa shape index (κ3) is 8.45. The minimum atomic E-state index is -1.04. The summed E-state index contributed by atoms with van der Waals surface area (Å²) >= 11 is 7.59. The van der Waals surface area contributed by atoms with Gasteiger partial charge in [-0.3, -0.25) is 4.79 Å². The molecule has 0 heterocycles. The van der Waals surface area contributed by atoms with Gasteiger partial charge in [0, 0.05) is 10.6 Å². The van der Waals surface area contributed by atoms with Crippen molar-refractivity contribution in [1.82, 2.24) is 5.32 Å². The molecule has 5 nitrogen and oxygen atoms in total. The van der Waals surface area contributed by atoms with Gasteiger partial charge in [-0.15, -0.1) is 0 Å². The molecule has 1 amide bonds. The quantitative estimate of drug-likeness (QED) is 0.392. The van der Waals surface area contributed by atoms with E-state index >= 15 is 0 Å². The molecule has 0 unspecified atom stereocenters. The number of ether oxygens (including phenoxy) is 1. The summed E-state index contributed by atoms with van der Waals surface area (Å²) in [5.41, 5.74) is 5.00. The molecule has 0 saturated carbocycles. The van der Waals surface area contributed by atoms with Crippen molar-refractivity contribution in [1.29, 1.82) is 0 Å². The zero-order valence-electron chi connectivity index (χ0n) is 21.2. The Kier molecular flexibility index (Phi) is 11.9. The Morgan fingerprint density at radius 3 is 2.40 bits per heavy atom. The molecule has 0 fully saturated rings. The third-order valence-corrected chi connectivity index (χ3v) is 6.28. The van der Waals surface area contributed by atoms with Crippen LogP contribution in [0.3, 0.4) is 0 Å². The molecular formula is C27H29ClLiNO4S. The van der Waals surface area contributed by atoms with Gasteiger partial charge in [0.15, 0.2) is 0 Å². The minimum absolute atomic E-state index is 0. The van der Waals surface area contributed by atoms with Crippen LogP contribution in [0.25, 0.3) is 11.1 Å². The summed E-state index contributed by atoms with van der Waals surface area (Å²) < 4.78 is 5.88. The van der Waals surface area contributed by atoms with Crippen LogP contribution in [0.1, 0.15) is 34.9 Å². The summed E-state index contributed by atoms with van der Waals surface area (Å²) in [7, 11) is 0. The van der Waals surface area contributed by atoms with Crippen LogP contribution >= 0.6 is 23.4 Å². The van der Waals surface area contributed by atoms with Crippen LogP contribution < -0.4 is 24.2 Å². The van der Waals surface area contributed by atoms with Gasteiger partial charge in [-0.2, -0.15) is 11.8 Å². The number of carboxylic acids is 1. The number of nitrogens with one attached hydrogen (secondary N) is 1. The van der Waals surface area contributed by atoms with Crippen molar-refractivity contribution >= 4 is 35.2 Å². The van der Waals surface area contributed by atoms with Crippen LogP contribution in [-0.4, -0.2) is 35.0 Å². The zero-order valence-corrected chi connectivity index (χ0v) is 21.8. The Labute approximate surface area is 229 Å². The molecule has 0 bridgehead atoms. The number of benzene rings is 3. The number of hydrogen-bond donors (Lipinski definition) is 2. The van der Waals surface area contributed by atoms with Crippen LogP contribution in [0.4, 0.5) is 0 Å². The average molecular weight is 506 g/mol. The Morgan fingerprint density at radius 1 is 1.03 bits per heavy atom. The minimum Gasteiger partial charge on any atom is -1.00 e. The fourth-order valence-electron chi connectivity index (χ4n) is 3.62. The number of aliphatic carboxylic acids is 1. The van der Waals surface area contributed by atoms with Crippen molar-refractivity contribution in [2.24, 2.45) is 0 Å². The van der Waals surface area contributed by atoms with E-state index in [4.69, 9.17) is 16.3 Å². The van der Waals surface area contributed by atoms with Gasteiger partial charge in [0.1, 0.15) is 6.04 Å². The smallest absolute Gasteiger partial charge is 1.00 e. The third-order valence-electron chi connectivity index (χ3n) is 5.40. The molecule has 0 radical (unpaired) electrons. The molecule has 3 aromatic carbocycles. The Balaban J connectivity index is 0.00000324. The van der Waals surface area contributed by atoms with Crippen molar-refractivity contribution in [3.05, 3.63) is 94.0 Å². The normalized spacial score (nSPS) is 11.4. The van der Waals surface area contributed by atoms with Crippen molar-refractivity contribution in [3.63, 3.8) is 0 Å². The predicted molar refractivity (Wildman–Crippen MR) is 140 cm³/mol. The van der Waals surface area contributed by atoms with Crippen molar-refractivity contribution < 1.29 is 39.7 Å². The van der Waals surface area contributed by atoms with Gasteiger partial charge < -0.3 is 16.6 Å². The average Bonchev–Trinajstić information content (AvgIpc) is 2.82. The number of carboxylic acid groups (broad SMARTS) is 1. The molecule has 0 aliphatic carbocycles. The van der Waals surface area contributed by atoms with Crippen molar-refractivity contribution in [3.8, 4) is 11.1 Å². The molecule has 0 aliphatic rings. The first-order valence-corrected chi connectivity index (χ1v) is 12.7. The maximum absolute atomic E-state index is 13.1. The molecule has 0 saturated heterocycles. The van der Waals surface area contributed by atoms with Crippen molar-refractivity contribution in [2.75, 3.05) is 12.0 Å². The largest absolute Gasteiger partial charge is 1.00 e. The Bertz CT molecular complexity index is 1160. The fourth-order valence-corrected chi connectivity index (χ4v) is 4.30. The molecule has 35 heavy (non-hydrogen) atoms. The molecule has 3 rings (SSSR count). The number of rotatable bonds is 11. The number of halogens is 1. The van der Waals surface area contributed by atoms with Gasteiger partial charge in [0.05, 0.1) is 13.2 Å². The summed E-state index contributed by atoms with van der Waals surface area (Å²) in [6, 6.07) is 19.9. The SMILES string of the molecule is CSCC[C@H](NC(=O)c1ccc(COCc2cccc(Cl)c2)cc1-c1ccccc1C)C(=O)O.[H-].[Li+]. The van der Waals surface area contributed by atoms with Gasteiger partial charge in [-0.05, 0) is 77.4 Å². The predicted octanol–water partition coefficient (Wildman–Crippen LogP) is 3.08. The number of hydrogen-bond acceptors (Lipinski definition) is 4. The van der Waals surface area contributed by atoms with E-state index in [1.54, 1.807) is 17.8 Å². The Hall–Kier alpha value is -2.20. The van der Waals surface area contributed by atoms with Crippen LogP contribution in [0, 0.1) is 6.92 Å². The van der Waals surface area contributed by atoms with E-state index in [-0.39, 0.29) is 20.3 Å². The topological polar surface area (TPSA) is 75.6 Å². The second kappa shape index (κ2) is 14.4. The van der Waals surface area contributed by atoms with Gasteiger partial charge in [-0.25, -0.2) is 4.79 Å². The first kappa shape index (κ1) is 29.0. The molecule has 8 heteroatoms. The number of aryl methyl sites for hydroxylation is 1. The first-order valence-electron chi connectivity index (χ1n) is 10.9. The monoisotopic (exact) mass is 505 g/mol. The first-order chi connectivity index (χ1) is 16.4. The van der Waals surface area contributed by atoms with Crippen LogP contribution in [0.2, 0.25) is 5.02 Å². The molecule has 0 spiro atoms. The second-order valence-corrected chi connectivity index (χ2v) is 9.39. The standard InChI is InChI=1S/C27H28ClNO4S.Li.H/c1-18-6-3-4-9-22(18)24-15-20(17-33-16-19-7-5-8-21(28)14-19)10-11-23(24)26(30)29-25(27(31)32)12-13-34-2;;/h3-11,14-15,25H,12-13,16-17H2,1-2H3,(H,29,30)(H,31,32);;/q;+1;-1/t25-;;/m0../s1. The van der Waals surface area contributed by atoms with E-state index < -0.39 is 17.9 Å². The maximum atomic E-state index is 13.1. The van der Waals surface area contributed by atoms with Gasteiger partial charge in [0.2, 0.25) is 0 Å². The van der Waals surface area contributed by atoms with E-state index in [0.717, 1.165) is 27.8 Å². The molecule has 0 aliphatic heterocycles. The molecule has 0 aromatic heterocycles. The van der Waals surface area contributed by atoms with Crippen LogP contribution in [0.15, 0.2) is 66.7 Å². The van der Waals surface area contributed by atoms with E-state index in [9.17, 15) is 14.7 Å². The summed E-state index contributed by atoms with van der Waals surface area (Å²) in [6.07, 6.45) is 2.27. The van der Waals surface area contributed by atoms with Crippen molar-refractivity contribution in [2.45, 2.75) is 32.6 Å². The van der Waals surface area contributed by atoms with E-state index in [2.05, 4.69) is 5.32 Å². The van der Waals surface area contributed by atoms with E-state index in [0.29, 0.717) is 36.0 Å². The van der Waals surface area contributed by atoms with Gasteiger partial charge in [0.25, 0.3) is 5.91 Å². The molecule has 2 N–H and O–H groups in total. The number of carbonyl (C=O) groups is 2. The Morgan fingerprint density at radius 2 is 1.74 bits per heavy atom. The summed E-state index contributed by atoms with van der Waals surface area (Å²) in [4.78, 5) is 24.8. The molecule has 3 aromatic rings. The van der Waals surface area contributed by atoms with E-state index in [1.807, 2.05) is 73.8 Å². The van der Waals surface area contributed by atoms with Gasteiger partial charge in [-0.1, -0.05) is 54.1 Å². The molecule has 180 valence electrons. The van der Waals surface area contributed by atoms with Gasteiger partial charge >= 0.3 is 24.8 Å². The van der Waals surface area contributed by atoms with E-state index in [1.165, 1.54) is 0 Å². The molecular weight excluding hydrogens is 477 g/mol. The summed E-state index contributed by atoms with van der Waals surface area (Å²) in [5.74, 6) is -0.797. The number of thioether (sulfide) groups is 1. The zero-order chi connectivity index (χ0) is 24.5. The second-order valence-electron chi connectivity index (χ2n) is 7.96.